The first kappa shape index (κ1) is 100. The fraction of sp³-hybridized carbons (Fsp3) is 0.543. The van der Waals surface area contributed by atoms with Gasteiger partial charge in [-0.05, 0) is 142 Å². The highest BCUT2D eigenvalue weighted by Crippen LogP contribution is 2.34. The molecule has 0 aliphatic carbocycles. The maximum Gasteiger partial charge on any atom is 0.246 e. The summed E-state index contributed by atoms with van der Waals surface area (Å²) >= 11 is 2.22. The van der Waals surface area contributed by atoms with E-state index in [0.29, 0.717) is 59.0 Å². The summed E-state index contributed by atoms with van der Waals surface area (Å²) in [6, 6.07) is 6.63. The van der Waals surface area contributed by atoms with Gasteiger partial charge >= 0.3 is 0 Å². The number of aromatic amines is 2. The molecule has 4 fully saturated rings. The van der Waals surface area contributed by atoms with E-state index in [1.807, 2.05) is 68.6 Å². The van der Waals surface area contributed by atoms with E-state index in [1.165, 1.54) is 88.7 Å². The Morgan fingerprint density at radius 3 is 1.82 bits per heavy atom. The lowest BCUT2D eigenvalue weighted by atomic mass is 9.83. The molecule has 13 amide bonds. The van der Waals surface area contributed by atoms with Crippen molar-refractivity contribution in [3.8, 4) is 5.75 Å². The first-order valence-electron chi connectivity index (χ1n) is 44.7. The average Bonchev–Trinajstić information content (AvgIpc) is 1.55. The molecule has 702 valence electrons. The number of ketones is 4. The zero-order chi connectivity index (χ0) is 94.2. The number of imidazole rings is 1. The maximum absolute atomic E-state index is 15.7. The minimum Gasteiger partial charge on any atom is -0.508 e. The van der Waals surface area contributed by atoms with E-state index in [4.69, 9.17) is 17.2 Å². The van der Waals surface area contributed by atoms with Gasteiger partial charge < -0.3 is 93.8 Å². The third-order valence-electron chi connectivity index (χ3n) is 25.0. The van der Waals surface area contributed by atoms with Gasteiger partial charge in [0.15, 0.2) is 17.3 Å². The van der Waals surface area contributed by atoms with Gasteiger partial charge in [0.25, 0.3) is 0 Å². The molecule has 7 heterocycles. The van der Waals surface area contributed by atoms with Crippen LogP contribution in [0.2, 0.25) is 0 Å². The van der Waals surface area contributed by atoms with Crippen molar-refractivity contribution in [1.82, 2.24) is 71.4 Å². The second-order valence-electron chi connectivity index (χ2n) is 34.9. The molecule has 3 aromatic heterocycles. The number of carbonyl (C=O) groups excluding carboxylic acids is 17. The van der Waals surface area contributed by atoms with Crippen LogP contribution in [0.25, 0.3) is 21.0 Å². The number of aliphatic hydroxyl groups is 1. The molecule has 4 aliphatic rings. The fourth-order valence-electron chi connectivity index (χ4n) is 17.8. The molecule has 10 rings (SSSR count). The van der Waals surface area contributed by atoms with E-state index in [2.05, 4.69) is 46.9 Å². The number of rotatable bonds is 22. The van der Waals surface area contributed by atoms with Gasteiger partial charge in [0.1, 0.15) is 53.8 Å². The number of primary amides is 2. The molecule has 0 saturated carbocycles. The molecule has 0 spiro atoms. The van der Waals surface area contributed by atoms with Crippen LogP contribution < -0.4 is 49.1 Å². The molecule has 36 nitrogen and oxygen atoms in total. The minimum atomic E-state index is -1.70. The van der Waals surface area contributed by atoms with Crippen LogP contribution in [0.5, 0.6) is 5.75 Å². The van der Waals surface area contributed by atoms with Crippen molar-refractivity contribution in [2.75, 3.05) is 64.9 Å². The van der Waals surface area contributed by atoms with Crippen LogP contribution in [-0.4, -0.2) is 275 Å². The quantitative estimate of drug-likeness (QED) is 0.0464. The zero-order valence-electron chi connectivity index (χ0n) is 74.5. The number of amides is 13. The first-order chi connectivity index (χ1) is 62.2. The zero-order valence-corrected chi connectivity index (χ0v) is 76.1. The van der Waals surface area contributed by atoms with Gasteiger partial charge in [-0.25, -0.2) is 4.98 Å². The Hall–Kier alpha value is -11.8. The fourth-order valence-corrected chi connectivity index (χ4v) is 19.6. The third-order valence-corrected chi connectivity index (χ3v) is 27.1. The number of nitrogens with one attached hydrogen (secondary N) is 8. The topological polar surface area (TPSA) is 542 Å². The summed E-state index contributed by atoms with van der Waals surface area (Å²) in [4.78, 5) is 267. The number of benzene rings is 3. The van der Waals surface area contributed by atoms with E-state index in [1.54, 1.807) is 12.3 Å². The van der Waals surface area contributed by atoms with Crippen LogP contribution in [0.1, 0.15) is 159 Å². The minimum absolute atomic E-state index is 0.0100. The second kappa shape index (κ2) is 47.7. The number of para-hydroxylation sites is 1. The third kappa shape index (κ3) is 26.7. The van der Waals surface area contributed by atoms with E-state index < -0.39 is 235 Å². The standard InChI is InChI=1S/C92H123N17O19S2/c1-7-8-21-74-92(128)108-32-15-23-72(108)77(114)39-55(17-13-30-93)84(120)104-70(86(122)98-46-81(95)117)49-129-50-82(118)100-67(35-54-26-28-62(111)29-27-54)89(125)105(5)53(4)83(119)102-69(43-80(94)116)91(127)107-31-14-22-71(107)78(115)40-56(36-61-45-96-51-99-61)75(112)41-57(34-52(2)3)88(124)109-33-16-24-73(109)87(123)101-66(37-58-44-97-65-20-11-9-18-63(58)65)76(113)42-59(47-110)85(121)103-68(90(126)106(74)6)38-60-48-130-79-25-12-10-19-64(60)79/h9-12,18-20,25-29,44-45,48,51-53,55-57,59,66-74,97,110-111H,7-8,13-17,21-24,30-43,46-47,49-50,93H2,1-6H3,(H2,94,116)(H2,95,117)(H,96,99)(H,98,122)(H,100,118)(H,101,123)(H,102,119)(H,103,121)(H,104,120)/t53-,55+,56+,57+,59-,66-,67-,68-,69-,70-,71-,72+,73-,74-/m0/s1. The predicted molar refractivity (Wildman–Crippen MR) is 484 cm³/mol. The van der Waals surface area contributed by atoms with Crippen LogP contribution in [0.3, 0.4) is 0 Å². The molecule has 4 saturated heterocycles. The Morgan fingerprint density at radius 1 is 0.577 bits per heavy atom. The van der Waals surface area contributed by atoms with Gasteiger partial charge in [0.2, 0.25) is 76.8 Å². The highest BCUT2D eigenvalue weighted by Gasteiger charge is 2.47. The average molecular weight is 1840 g/mol. The van der Waals surface area contributed by atoms with Crippen LogP contribution in [0.4, 0.5) is 0 Å². The number of likely N-dealkylation sites (N-methyl/N-ethyl adjacent to an activating group) is 2. The molecule has 0 bridgehead atoms. The number of aromatic hydroxyl groups is 1. The molecular weight excluding hydrogens is 1710 g/mol. The molecule has 130 heavy (non-hydrogen) atoms. The van der Waals surface area contributed by atoms with Gasteiger partial charge in [-0.1, -0.05) is 82.1 Å². The summed E-state index contributed by atoms with van der Waals surface area (Å²) in [6.45, 7) is 5.53. The molecule has 38 heteroatoms. The van der Waals surface area contributed by atoms with Gasteiger partial charge in [0.05, 0.1) is 55.7 Å². The van der Waals surface area contributed by atoms with E-state index in [9.17, 15) is 48.6 Å². The number of phenols is 1. The number of hydrogen-bond acceptors (Lipinski definition) is 23. The van der Waals surface area contributed by atoms with Crippen molar-refractivity contribution >= 4 is 144 Å². The molecule has 16 N–H and O–H groups in total. The Labute approximate surface area is 762 Å². The molecular formula is C92H123N17O19S2. The predicted octanol–water partition coefficient (Wildman–Crippen LogP) is 2.65. The molecule has 14 atom stereocenters. The van der Waals surface area contributed by atoms with E-state index in [0.717, 1.165) is 26.7 Å². The number of H-pyrrole nitrogens is 2. The smallest absolute Gasteiger partial charge is 0.246 e. The Kier molecular flexibility index (Phi) is 36.8. The van der Waals surface area contributed by atoms with Gasteiger partial charge in [-0.2, -0.15) is 0 Å². The largest absolute Gasteiger partial charge is 0.508 e. The van der Waals surface area contributed by atoms with Crippen molar-refractivity contribution < 1.29 is 91.7 Å². The number of aliphatic hydroxyl groups excluding tert-OH is 1. The lowest BCUT2D eigenvalue weighted by Crippen LogP contribution is -2.58. The number of nitrogens with zero attached hydrogens (tertiary/aromatic N) is 6. The summed E-state index contributed by atoms with van der Waals surface area (Å²) in [7, 11) is 2.68. The van der Waals surface area contributed by atoms with Gasteiger partial charge in [0, 0.05) is 136 Å². The van der Waals surface area contributed by atoms with Crippen LogP contribution in [0, 0.1) is 29.6 Å². The Balaban J connectivity index is 0.993. The van der Waals surface area contributed by atoms with Crippen LogP contribution in [-0.2, 0) is 107 Å². The number of thioether (sulfide) groups is 1. The number of hydrogen-bond donors (Lipinski definition) is 13. The molecule has 3 aromatic carbocycles. The SMILES string of the molecule is CCCC[C@H]1C(=O)N2CCC[C@@H]2C(=O)C[C@@H](CCCN)C(=O)N[C@H](C(=O)NCC(N)=O)CSCC(=O)N[C@@H](Cc2ccc(O)cc2)C(=O)N(C)[C@@H](C)C(=O)N[C@@H](CC(N)=O)C(=O)N2CCC[C@H]2C(=O)C[C@@H](Cc2cnc[nH]2)C(=O)C[C@@H](CC(C)C)C(=O)N2CCC[C@H]2C(=O)N[C@@H](Cc2c[nH]c3ccccc23)C(=O)C[C@@H](CO)C(=O)N[C@@H](Cc2csc3ccccc23)C(=O)N1C. The number of carbonyl (C=O) groups is 17. The number of thiophene rings is 1. The number of aromatic nitrogens is 3. The Bertz CT molecular complexity index is 5060. The summed E-state index contributed by atoms with van der Waals surface area (Å²) in [6.07, 6.45) is 4.03. The summed E-state index contributed by atoms with van der Waals surface area (Å²) in [5.41, 5.74) is 20.0. The summed E-state index contributed by atoms with van der Waals surface area (Å²) < 4.78 is 0.864. The van der Waals surface area contributed by atoms with Crippen molar-refractivity contribution in [2.24, 2.45) is 46.8 Å². The number of unbranched alkanes of at least 4 members (excludes halogenated alkanes) is 1. The molecule has 4 aliphatic heterocycles. The normalized spacial score (nSPS) is 25.4. The highest BCUT2D eigenvalue weighted by atomic mass is 32.2. The molecule has 0 radical (unpaired) electrons. The first-order valence-corrected chi connectivity index (χ1v) is 46.8. The van der Waals surface area contributed by atoms with Crippen LogP contribution in [0.15, 0.2) is 96.9 Å². The van der Waals surface area contributed by atoms with Crippen molar-refractivity contribution in [3.05, 3.63) is 119 Å². The van der Waals surface area contributed by atoms with Gasteiger partial charge in [-0.3, -0.25) is 81.5 Å². The summed E-state index contributed by atoms with van der Waals surface area (Å²) in [5.74, 6) is -19.0. The highest BCUT2D eigenvalue weighted by molar-refractivity contribution is 8.00. The van der Waals surface area contributed by atoms with Crippen LogP contribution >= 0.6 is 23.1 Å². The van der Waals surface area contributed by atoms with Crippen molar-refractivity contribution in [1.29, 1.82) is 0 Å². The number of fused-ring (bicyclic) bond motifs is 5. The lowest BCUT2D eigenvalue weighted by Gasteiger charge is -2.35. The van der Waals surface area contributed by atoms with Crippen molar-refractivity contribution in [3.63, 3.8) is 0 Å². The van der Waals surface area contributed by atoms with E-state index >= 15 is 43.2 Å². The Morgan fingerprint density at radius 2 is 1.17 bits per heavy atom. The lowest BCUT2D eigenvalue weighted by molar-refractivity contribution is -0.149. The van der Waals surface area contributed by atoms with Crippen molar-refractivity contribution in [2.45, 2.75) is 223 Å². The maximum atomic E-state index is 15.7. The second-order valence-corrected chi connectivity index (χ2v) is 36.9. The monoisotopic (exact) mass is 1830 g/mol. The summed E-state index contributed by atoms with van der Waals surface area (Å²) in [5, 5.41) is 41.0. The number of phenolic OH excluding ortho intramolecular Hbond substituents is 1. The van der Waals surface area contributed by atoms with Gasteiger partial charge in [-0.15, -0.1) is 23.1 Å². The molecule has 6 aromatic rings. The number of Topliss-reactive ketones (excluding diaryl/α,β-unsaturated/α-hetero) is 4. The van der Waals surface area contributed by atoms with E-state index in [-0.39, 0.29) is 121 Å². The molecule has 0 unspecified atom stereocenters. The number of nitrogens with two attached hydrogens (primary N) is 3.